The first-order valence-electron chi connectivity index (χ1n) is 6.44. The van der Waals surface area contributed by atoms with Crippen LogP contribution in [0.1, 0.15) is 11.1 Å². The van der Waals surface area contributed by atoms with Gasteiger partial charge in [0.25, 0.3) is 0 Å². The molecule has 116 valence electrons. The van der Waals surface area contributed by atoms with Crippen LogP contribution < -0.4 is 5.01 Å². The van der Waals surface area contributed by atoms with Gasteiger partial charge in [0.1, 0.15) is 6.61 Å². The van der Waals surface area contributed by atoms with E-state index in [0.29, 0.717) is 10.7 Å². The number of carbonyl (C=O) groups excluding carboxylic acids is 1. The minimum atomic E-state index is -0.625. The summed E-state index contributed by atoms with van der Waals surface area (Å²) in [5, 5.41) is 1.54. The van der Waals surface area contributed by atoms with E-state index in [0.717, 1.165) is 20.0 Å². The summed E-state index contributed by atoms with van der Waals surface area (Å²) >= 11 is 14.3. The molecule has 1 amide bonds. The number of carbonyl (C=O) groups is 1. The second-order valence-corrected chi connectivity index (χ2v) is 6.06. The van der Waals surface area contributed by atoms with Crippen molar-refractivity contribution in [1.29, 1.82) is 0 Å². The zero-order valence-corrected chi connectivity index (χ0v) is 14.4. The van der Waals surface area contributed by atoms with Crippen molar-refractivity contribution in [1.82, 2.24) is 3.82 Å². The number of hydrogen-bond donors (Lipinski definition) is 2. The Morgan fingerprint density at radius 1 is 1.18 bits per heavy atom. The molecular weight excluding hydrogens is 340 g/mol. The average Bonchev–Trinajstić information content (AvgIpc) is 2.48. The highest BCUT2D eigenvalue weighted by atomic mass is 35.5. The lowest BCUT2D eigenvalue weighted by Crippen LogP contribution is -2.37. The number of halogens is 1. The van der Waals surface area contributed by atoms with Crippen LogP contribution in [0.25, 0.3) is 0 Å². The minimum absolute atomic E-state index is 0.148. The van der Waals surface area contributed by atoms with Gasteiger partial charge < -0.3 is 4.74 Å². The molecule has 4 nitrogen and oxygen atoms in total. The van der Waals surface area contributed by atoms with Crippen molar-refractivity contribution in [3.8, 4) is 0 Å². The zero-order valence-electron chi connectivity index (χ0n) is 11.8. The minimum Gasteiger partial charge on any atom is -0.443 e. The van der Waals surface area contributed by atoms with Crippen molar-refractivity contribution in [2.24, 2.45) is 0 Å². The normalized spacial score (nSPS) is 10.6. The van der Waals surface area contributed by atoms with Crippen molar-refractivity contribution in [2.45, 2.75) is 13.5 Å². The smallest absolute Gasteiger partial charge is 0.431 e. The lowest BCUT2D eigenvalue weighted by Gasteiger charge is -2.26. The standard InChI is InChI=1S/C15H15ClN2O2S2/c1-11-7-8-14(13(16)9-11)17(18(21)22)15(19)20-10-12-5-3-2-4-6-12/h2-9,21-22H,10H2,1H3. The molecule has 0 saturated heterocycles. The molecule has 0 aliphatic carbocycles. The molecule has 0 aliphatic heterocycles. The van der Waals surface area contributed by atoms with Crippen molar-refractivity contribution in [3.63, 3.8) is 0 Å². The maximum atomic E-state index is 12.3. The SMILES string of the molecule is Cc1ccc(N(C(=O)OCc2ccccc2)N(S)S)c(Cl)c1. The summed E-state index contributed by atoms with van der Waals surface area (Å²) in [4.78, 5) is 12.3. The van der Waals surface area contributed by atoms with E-state index in [1.54, 1.807) is 12.1 Å². The molecule has 0 unspecified atom stereocenters. The second-order valence-electron chi connectivity index (χ2n) is 4.58. The Kier molecular flexibility index (Phi) is 6.02. The van der Waals surface area contributed by atoms with Crippen molar-refractivity contribution >= 4 is 49.0 Å². The maximum absolute atomic E-state index is 12.3. The lowest BCUT2D eigenvalue weighted by molar-refractivity contribution is 0.143. The Morgan fingerprint density at radius 3 is 2.45 bits per heavy atom. The van der Waals surface area contributed by atoms with E-state index in [9.17, 15) is 4.79 Å². The van der Waals surface area contributed by atoms with Crippen LogP contribution >= 0.6 is 37.2 Å². The number of aryl methyl sites for hydroxylation is 1. The van der Waals surface area contributed by atoms with Gasteiger partial charge in [-0.3, -0.25) is 0 Å². The Labute approximate surface area is 145 Å². The van der Waals surface area contributed by atoms with Gasteiger partial charge in [-0.25, -0.2) is 4.79 Å². The zero-order chi connectivity index (χ0) is 16.1. The van der Waals surface area contributed by atoms with Gasteiger partial charge in [0.05, 0.1) is 10.7 Å². The molecule has 22 heavy (non-hydrogen) atoms. The summed E-state index contributed by atoms with van der Waals surface area (Å²) < 4.78 is 6.31. The van der Waals surface area contributed by atoms with Crippen molar-refractivity contribution in [2.75, 3.05) is 5.01 Å². The van der Waals surface area contributed by atoms with Crippen LogP contribution in [0.5, 0.6) is 0 Å². The Hall–Kier alpha value is -1.34. The molecule has 0 fully saturated rings. The fourth-order valence-corrected chi connectivity index (χ4v) is 2.49. The van der Waals surface area contributed by atoms with Crippen molar-refractivity contribution in [3.05, 3.63) is 64.7 Å². The molecule has 0 aromatic heterocycles. The largest absolute Gasteiger partial charge is 0.443 e. The third kappa shape index (κ3) is 4.33. The highest BCUT2D eigenvalue weighted by Crippen LogP contribution is 2.30. The molecular formula is C15H15ClN2O2S2. The molecule has 0 N–H and O–H groups in total. The van der Waals surface area contributed by atoms with Crippen LogP contribution in [-0.4, -0.2) is 9.91 Å². The first kappa shape index (κ1) is 17.0. The average molecular weight is 355 g/mol. The molecule has 7 heteroatoms. The van der Waals surface area contributed by atoms with Crippen LogP contribution in [0.2, 0.25) is 5.02 Å². The topological polar surface area (TPSA) is 32.8 Å². The van der Waals surface area contributed by atoms with E-state index in [1.807, 2.05) is 43.3 Å². The number of hydrazine groups is 1. The van der Waals surface area contributed by atoms with Crippen LogP contribution in [0, 0.1) is 6.92 Å². The first-order chi connectivity index (χ1) is 10.5. The van der Waals surface area contributed by atoms with Crippen LogP contribution in [0.3, 0.4) is 0 Å². The number of rotatable bonds is 4. The van der Waals surface area contributed by atoms with E-state index >= 15 is 0 Å². The summed E-state index contributed by atoms with van der Waals surface area (Å²) in [5.74, 6) is 0. The van der Waals surface area contributed by atoms with Crippen LogP contribution in [0.4, 0.5) is 10.5 Å². The van der Waals surface area contributed by atoms with Crippen LogP contribution in [0.15, 0.2) is 48.5 Å². The van der Waals surface area contributed by atoms with Gasteiger partial charge in [-0.1, -0.05) is 73.6 Å². The van der Waals surface area contributed by atoms with E-state index in [1.165, 1.54) is 0 Å². The lowest BCUT2D eigenvalue weighted by atomic mass is 10.2. The molecule has 0 heterocycles. The van der Waals surface area contributed by atoms with Gasteiger partial charge in [-0.2, -0.15) is 5.01 Å². The number of hydrogen-bond acceptors (Lipinski definition) is 5. The maximum Gasteiger partial charge on any atom is 0.431 e. The molecule has 2 rings (SSSR count). The molecule has 0 atom stereocenters. The molecule has 2 aromatic carbocycles. The summed E-state index contributed by atoms with van der Waals surface area (Å²) in [6.45, 7) is 2.06. The summed E-state index contributed by atoms with van der Waals surface area (Å²) in [7, 11) is 0. The van der Waals surface area contributed by atoms with E-state index < -0.39 is 6.09 Å². The number of anilines is 1. The number of ether oxygens (including phenoxy) is 1. The third-order valence-corrected chi connectivity index (χ3v) is 3.55. The molecule has 0 bridgehead atoms. The highest BCUT2D eigenvalue weighted by molar-refractivity contribution is 7.93. The highest BCUT2D eigenvalue weighted by Gasteiger charge is 2.23. The Bertz CT molecular complexity index is 653. The summed E-state index contributed by atoms with van der Waals surface area (Å²) in [6, 6.07) is 14.7. The number of benzene rings is 2. The number of thiol groups is 2. The van der Waals surface area contributed by atoms with Crippen molar-refractivity contribution < 1.29 is 9.53 Å². The molecule has 0 aliphatic rings. The molecule has 0 saturated carbocycles. The van der Waals surface area contributed by atoms with Crippen LogP contribution in [-0.2, 0) is 11.3 Å². The monoisotopic (exact) mass is 354 g/mol. The predicted octanol–water partition coefficient (Wildman–Crippen LogP) is 4.70. The van der Waals surface area contributed by atoms with Gasteiger partial charge in [0, 0.05) is 0 Å². The number of amides is 1. The Morgan fingerprint density at radius 2 is 1.86 bits per heavy atom. The molecule has 0 spiro atoms. The predicted molar refractivity (Wildman–Crippen MR) is 95.1 cm³/mol. The van der Waals surface area contributed by atoms with Gasteiger partial charge in [0.2, 0.25) is 0 Å². The second kappa shape index (κ2) is 7.78. The third-order valence-electron chi connectivity index (χ3n) is 2.89. The van der Waals surface area contributed by atoms with E-state index in [4.69, 9.17) is 16.3 Å². The van der Waals surface area contributed by atoms with Gasteiger partial charge >= 0.3 is 6.09 Å². The van der Waals surface area contributed by atoms with Gasteiger partial charge in [0.15, 0.2) is 0 Å². The quantitative estimate of drug-likeness (QED) is 0.616. The Balaban J connectivity index is 2.15. The fourth-order valence-electron chi connectivity index (χ4n) is 1.83. The number of nitrogens with zero attached hydrogens (tertiary/aromatic N) is 2. The van der Waals surface area contributed by atoms with Gasteiger partial charge in [-0.05, 0) is 30.2 Å². The van der Waals surface area contributed by atoms with E-state index in [-0.39, 0.29) is 6.61 Å². The summed E-state index contributed by atoms with van der Waals surface area (Å²) in [6.07, 6.45) is -0.625. The molecule has 0 radical (unpaired) electrons. The first-order valence-corrected chi connectivity index (χ1v) is 7.61. The molecule has 2 aromatic rings. The fraction of sp³-hybridized carbons (Fsp3) is 0.133. The van der Waals surface area contributed by atoms with E-state index in [2.05, 4.69) is 25.6 Å². The van der Waals surface area contributed by atoms with Gasteiger partial charge in [-0.15, -0.1) is 3.82 Å². The summed E-state index contributed by atoms with van der Waals surface area (Å²) in [5.41, 5.74) is 2.31.